The second-order valence-corrected chi connectivity index (χ2v) is 6.63. The maximum atomic E-state index is 12.9. The van der Waals surface area contributed by atoms with Crippen LogP contribution in [0.4, 0.5) is 4.39 Å². The van der Waals surface area contributed by atoms with Crippen LogP contribution < -0.4 is 10.1 Å². The quantitative estimate of drug-likeness (QED) is 0.759. The lowest BCUT2D eigenvalue weighted by Gasteiger charge is -2.25. The lowest BCUT2D eigenvalue weighted by atomic mass is 9.81. The van der Waals surface area contributed by atoms with Gasteiger partial charge in [-0.15, -0.1) is 0 Å². The molecule has 1 amide bonds. The van der Waals surface area contributed by atoms with Crippen molar-refractivity contribution in [3.8, 4) is 5.75 Å². The lowest BCUT2D eigenvalue weighted by Crippen LogP contribution is -2.41. The Morgan fingerprint density at radius 1 is 1.12 bits per heavy atom. The van der Waals surface area contributed by atoms with Gasteiger partial charge in [0.05, 0.1) is 6.54 Å². The van der Waals surface area contributed by atoms with Crippen LogP contribution in [0.15, 0.2) is 54.6 Å². The van der Waals surface area contributed by atoms with E-state index in [9.17, 15) is 19.1 Å². The third-order valence-electron chi connectivity index (χ3n) is 4.01. The number of carboxylic acids is 1. The van der Waals surface area contributed by atoms with Gasteiger partial charge in [-0.3, -0.25) is 4.79 Å². The number of aliphatic carboxylic acids is 1. The minimum absolute atomic E-state index is 0.184. The molecule has 2 N–H and O–H groups in total. The van der Waals surface area contributed by atoms with Crippen LogP contribution in [0.1, 0.15) is 25.8 Å². The van der Waals surface area contributed by atoms with E-state index < -0.39 is 17.9 Å². The minimum atomic E-state index is -1.26. The molecule has 2 aromatic carbocycles. The normalized spacial score (nSPS) is 12.3. The van der Waals surface area contributed by atoms with Crippen molar-refractivity contribution < 1.29 is 23.8 Å². The number of carbonyl (C=O) groups is 2. The van der Waals surface area contributed by atoms with E-state index in [1.165, 1.54) is 24.3 Å². The van der Waals surface area contributed by atoms with E-state index in [1.54, 1.807) is 0 Å². The van der Waals surface area contributed by atoms with Crippen molar-refractivity contribution in [2.45, 2.75) is 31.8 Å². The first-order chi connectivity index (χ1) is 12.3. The summed E-state index contributed by atoms with van der Waals surface area (Å²) < 4.78 is 18.2. The summed E-state index contributed by atoms with van der Waals surface area (Å²) in [5.41, 5.74) is 0.634. The van der Waals surface area contributed by atoms with Gasteiger partial charge in [0, 0.05) is 6.42 Å². The van der Waals surface area contributed by atoms with Crippen LogP contribution in [-0.2, 0) is 15.0 Å². The minimum Gasteiger partial charge on any atom is -0.478 e. The molecular formula is C20H22FNO4. The Bertz CT molecular complexity index is 744. The number of halogens is 1. The largest absolute Gasteiger partial charge is 0.478 e. The average Bonchev–Trinajstić information content (AvgIpc) is 2.60. The van der Waals surface area contributed by atoms with Gasteiger partial charge in [-0.2, -0.15) is 0 Å². The van der Waals surface area contributed by atoms with Crippen molar-refractivity contribution in [3.05, 3.63) is 66.0 Å². The van der Waals surface area contributed by atoms with E-state index in [0.29, 0.717) is 0 Å². The number of carboxylic acid groups (broad SMARTS) is 1. The Balaban J connectivity index is 1.92. The van der Waals surface area contributed by atoms with Gasteiger partial charge >= 0.3 is 5.97 Å². The molecule has 0 aliphatic carbocycles. The zero-order valence-corrected chi connectivity index (χ0v) is 14.7. The van der Waals surface area contributed by atoms with E-state index in [1.807, 2.05) is 44.2 Å². The first-order valence-electron chi connectivity index (χ1n) is 8.25. The van der Waals surface area contributed by atoms with Crippen molar-refractivity contribution in [2.24, 2.45) is 0 Å². The van der Waals surface area contributed by atoms with Crippen molar-refractivity contribution in [3.63, 3.8) is 0 Å². The van der Waals surface area contributed by atoms with Crippen LogP contribution in [0.25, 0.3) is 0 Å². The fourth-order valence-electron chi connectivity index (χ4n) is 2.52. The third kappa shape index (κ3) is 5.58. The zero-order valence-electron chi connectivity index (χ0n) is 14.7. The number of rotatable bonds is 8. The highest BCUT2D eigenvalue weighted by Gasteiger charge is 2.26. The standard InChI is InChI=1S/C20H22FNO4/c1-20(2,14-6-4-3-5-7-14)12-18(23)22-13-17(19(24)25)26-16-10-8-15(21)9-11-16/h3-11,17H,12-13H2,1-2H3,(H,22,23)(H,24,25). The lowest BCUT2D eigenvalue weighted by molar-refractivity contribution is -0.145. The van der Waals surface area contributed by atoms with E-state index in [2.05, 4.69) is 5.32 Å². The van der Waals surface area contributed by atoms with Gasteiger partial charge in [0.25, 0.3) is 0 Å². The molecule has 2 aromatic rings. The number of ether oxygens (including phenoxy) is 1. The van der Waals surface area contributed by atoms with Gasteiger partial charge < -0.3 is 15.2 Å². The average molecular weight is 359 g/mol. The molecule has 5 nitrogen and oxygen atoms in total. The highest BCUT2D eigenvalue weighted by Crippen LogP contribution is 2.26. The number of hydrogen-bond acceptors (Lipinski definition) is 3. The summed E-state index contributed by atoms with van der Waals surface area (Å²) in [6.45, 7) is 3.72. The molecule has 26 heavy (non-hydrogen) atoms. The predicted molar refractivity (Wildman–Crippen MR) is 95.5 cm³/mol. The molecule has 0 spiro atoms. The fraction of sp³-hybridized carbons (Fsp3) is 0.300. The molecule has 0 heterocycles. The maximum absolute atomic E-state index is 12.9. The first-order valence-corrected chi connectivity index (χ1v) is 8.25. The number of hydrogen-bond donors (Lipinski definition) is 2. The molecule has 6 heteroatoms. The van der Waals surface area contributed by atoms with E-state index in [0.717, 1.165) is 5.56 Å². The molecule has 0 aliphatic heterocycles. The molecule has 2 rings (SSSR count). The third-order valence-corrected chi connectivity index (χ3v) is 4.01. The van der Waals surface area contributed by atoms with Gasteiger partial charge in [0.15, 0.2) is 0 Å². The topological polar surface area (TPSA) is 75.6 Å². The summed E-state index contributed by atoms with van der Waals surface area (Å²) in [5, 5.41) is 11.9. The molecule has 0 aliphatic rings. The molecular weight excluding hydrogens is 337 g/mol. The summed E-state index contributed by atoms with van der Waals surface area (Å²) in [6.07, 6.45) is -1.05. The van der Waals surface area contributed by atoms with Crippen LogP contribution in [0.3, 0.4) is 0 Å². The molecule has 0 saturated heterocycles. The summed E-state index contributed by atoms with van der Waals surface area (Å²) in [5.74, 6) is -1.71. The predicted octanol–water partition coefficient (Wildman–Crippen LogP) is 3.14. The Morgan fingerprint density at radius 3 is 2.31 bits per heavy atom. The smallest absolute Gasteiger partial charge is 0.346 e. The molecule has 0 saturated carbocycles. The first kappa shape index (κ1) is 19.4. The zero-order chi connectivity index (χ0) is 19.2. The second-order valence-electron chi connectivity index (χ2n) is 6.63. The highest BCUT2D eigenvalue weighted by molar-refractivity contribution is 5.79. The number of carbonyl (C=O) groups excluding carboxylic acids is 1. The Morgan fingerprint density at radius 2 is 1.73 bits per heavy atom. The number of nitrogens with one attached hydrogen (secondary N) is 1. The van der Waals surface area contributed by atoms with Crippen molar-refractivity contribution >= 4 is 11.9 Å². The summed E-state index contributed by atoms with van der Waals surface area (Å²) >= 11 is 0. The summed E-state index contributed by atoms with van der Waals surface area (Å²) in [7, 11) is 0. The van der Waals surface area contributed by atoms with Crippen molar-refractivity contribution in [1.29, 1.82) is 0 Å². The van der Waals surface area contributed by atoms with Crippen LogP contribution in [-0.4, -0.2) is 29.6 Å². The van der Waals surface area contributed by atoms with E-state index in [4.69, 9.17) is 4.74 Å². The fourth-order valence-corrected chi connectivity index (χ4v) is 2.52. The van der Waals surface area contributed by atoms with Gasteiger partial charge in [-0.25, -0.2) is 9.18 Å². The Kier molecular flexibility index (Phi) is 6.33. The molecule has 1 unspecified atom stereocenters. The Labute approximate surface area is 151 Å². The monoisotopic (exact) mass is 359 g/mol. The number of amides is 1. The maximum Gasteiger partial charge on any atom is 0.346 e. The van der Waals surface area contributed by atoms with E-state index >= 15 is 0 Å². The Hall–Kier alpha value is -2.89. The SMILES string of the molecule is CC(C)(CC(=O)NCC(Oc1ccc(F)cc1)C(=O)O)c1ccccc1. The van der Waals surface area contributed by atoms with Gasteiger partial charge in [0.1, 0.15) is 11.6 Å². The molecule has 1 atom stereocenters. The molecule has 0 aromatic heterocycles. The van der Waals surface area contributed by atoms with Crippen LogP contribution in [0, 0.1) is 5.82 Å². The molecule has 138 valence electrons. The molecule has 0 radical (unpaired) electrons. The molecule has 0 bridgehead atoms. The van der Waals surface area contributed by atoms with Crippen LogP contribution in [0.5, 0.6) is 5.75 Å². The van der Waals surface area contributed by atoms with E-state index in [-0.39, 0.29) is 30.0 Å². The van der Waals surface area contributed by atoms with Crippen LogP contribution in [0.2, 0.25) is 0 Å². The molecule has 0 fully saturated rings. The number of benzene rings is 2. The van der Waals surface area contributed by atoms with Gasteiger partial charge in [-0.1, -0.05) is 44.2 Å². The van der Waals surface area contributed by atoms with Gasteiger partial charge in [-0.05, 0) is 35.2 Å². The second kappa shape index (κ2) is 8.47. The van der Waals surface area contributed by atoms with Crippen molar-refractivity contribution in [2.75, 3.05) is 6.54 Å². The summed E-state index contributed by atoms with van der Waals surface area (Å²) in [4.78, 5) is 23.6. The highest BCUT2D eigenvalue weighted by atomic mass is 19.1. The summed E-state index contributed by atoms with van der Waals surface area (Å²) in [6, 6.07) is 14.7. The van der Waals surface area contributed by atoms with Crippen LogP contribution >= 0.6 is 0 Å². The van der Waals surface area contributed by atoms with Crippen molar-refractivity contribution in [1.82, 2.24) is 5.32 Å². The van der Waals surface area contributed by atoms with Gasteiger partial charge in [0.2, 0.25) is 12.0 Å².